The van der Waals surface area contributed by atoms with E-state index in [2.05, 4.69) is 10.2 Å². The Morgan fingerprint density at radius 1 is 1.08 bits per heavy atom. The van der Waals surface area contributed by atoms with E-state index in [0.29, 0.717) is 12.2 Å². The number of rotatable bonds is 8. The fraction of sp³-hybridized carbons (Fsp3) is 0.667. The zero-order chi connectivity index (χ0) is 18.2. The number of ether oxygens (including phenoxy) is 1. The van der Waals surface area contributed by atoms with E-state index in [0.717, 1.165) is 44.4 Å². The summed E-state index contributed by atoms with van der Waals surface area (Å²) in [5, 5.41) is 12.8. The van der Waals surface area contributed by atoms with Crippen molar-refractivity contribution in [3.63, 3.8) is 0 Å². The number of carbonyl (C=O) groups excluding carboxylic acids is 1. The third-order valence-electron chi connectivity index (χ3n) is 5.69. The van der Waals surface area contributed by atoms with Crippen molar-refractivity contribution in [2.24, 2.45) is 0 Å². The highest BCUT2D eigenvalue weighted by molar-refractivity contribution is 5.94. The zero-order valence-electron chi connectivity index (χ0n) is 15.7. The number of nitrogens with zero attached hydrogens (tertiary/aromatic N) is 1. The molecule has 0 unspecified atom stereocenters. The second-order valence-electron chi connectivity index (χ2n) is 7.73. The monoisotopic (exact) mass is 360 g/mol. The molecule has 0 aromatic heterocycles. The standard InChI is InChI=1S/C21H32N2O3/c24-17-21(11-2-1-3-12-21)22-20(25)18-7-9-19(10-8-18)26-16-6-15-23-13-4-5-14-23/h7-10,24H,1-6,11-17H2,(H,22,25). The van der Waals surface area contributed by atoms with Crippen molar-refractivity contribution in [2.75, 3.05) is 32.8 Å². The van der Waals surface area contributed by atoms with Crippen LogP contribution < -0.4 is 10.1 Å². The summed E-state index contributed by atoms with van der Waals surface area (Å²) in [6.07, 6.45) is 8.68. The topological polar surface area (TPSA) is 61.8 Å². The fourth-order valence-electron chi connectivity index (χ4n) is 4.05. The van der Waals surface area contributed by atoms with Gasteiger partial charge in [-0.3, -0.25) is 4.79 Å². The molecule has 1 aliphatic carbocycles. The van der Waals surface area contributed by atoms with Crippen molar-refractivity contribution in [2.45, 2.75) is 56.9 Å². The van der Waals surface area contributed by atoms with Gasteiger partial charge in [-0.15, -0.1) is 0 Å². The smallest absolute Gasteiger partial charge is 0.251 e. The van der Waals surface area contributed by atoms with Gasteiger partial charge in [0.1, 0.15) is 5.75 Å². The van der Waals surface area contributed by atoms with E-state index in [4.69, 9.17) is 4.74 Å². The van der Waals surface area contributed by atoms with Crippen LogP contribution in [0.3, 0.4) is 0 Å². The summed E-state index contributed by atoms with van der Waals surface area (Å²) in [4.78, 5) is 15.0. The van der Waals surface area contributed by atoms with Gasteiger partial charge in [-0.2, -0.15) is 0 Å². The second-order valence-corrected chi connectivity index (χ2v) is 7.73. The van der Waals surface area contributed by atoms with Gasteiger partial charge in [0.15, 0.2) is 0 Å². The van der Waals surface area contributed by atoms with Crippen LogP contribution in [0.1, 0.15) is 61.7 Å². The molecular formula is C21H32N2O3. The molecule has 0 spiro atoms. The highest BCUT2D eigenvalue weighted by atomic mass is 16.5. The van der Waals surface area contributed by atoms with Crippen LogP contribution in [0.4, 0.5) is 0 Å². The van der Waals surface area contributed by atoms with Crippen molar-refractivity contribution in [3.05, 3.63) is 29.8 Å². The summed E-state index contributed by atoms with van der Waals surface area (Å²) >= 11 is 0. The van der Waals surface area contributed by atoms with Gasteiger partial charge >= 0.3 is 0 Å². The lowest BCUT2D eigenvalue weighted by molar-refractivity contribution is 0.0758. The summed E-state index contributed by atoms with van der Waals surface area (Å²) in [6.45, 7) is 4.26. The molecule has 1 saturated carbocycles. The molecule has 1 heterocycles. The molecule has 1 amide bonds. The number of aliphatic hydroxyl groups is 1. The van der Waals surface area contributed by atoms with Crippen LogP contribution in [0.25, 0.3) is 0 Å². The van der Waals surface area contributed by atoms with Crippen molar-refractivity contribution in [1.29, 1.82) is 0 Å². The molecule has 1 aromatic carbocycles. The molecule has 2 aliphatic rings. The van der Waals surface area contributed by atoms with Crippen LogP contribution in [-0.2, 0) is 0 Å². The number of hydrogen-bond donors (Lipinski definition) is 2. The van der Waals surface area contributed by atoms with Crippen LogP contribution >= 0.6 is 0 Å². The van der Waals surface area contributed by atoms with Crippen LogP contribution in [-0.4, -0.2) is 54.3 Å². The van der Waals surface area contributed by atoms with Crippen LogP contribution in [0.15, 0.2) is 24.3 Å². The first-order valence-electron chi connectivity index (χ1n) is 10.1. The van der Waals surface area contributed by atoms with Crippen LogP contribution in [0, 0.1) is 0 Å². The largest absolute Gasteiger partial charge is 0.494 e. The van der Waals surface area contributed by atoms with Gasteiger partial charge in [-0.1, -0.05) is 19.3 Å². The quantitative estimate of drug-likeness (QED) is 0.700. The van der Waals surface area contributed by atoms with Gasteiger partial charge in [0.2, 0.25) is 0 Å². The van der Waals surface area contributed by atoms with E-state index in [1.54, 1.807) is 12.1 Å². The van der Waals surface area contributed by atoms with Crippen LogP contribution in [0.5, 0.6) is 5.75 Å². The van der Waals surface area contributed by atoms with Crippen molar-refractivity contribution >= 4 is 5.91 Å². The van der Waals surface area contributed by atoms with E-state index < -0.39 is 5.54 Å². The molecule has 1 saturated heterocycles. The summed E-state index contributed by atoms with van der Waals surface area (Å²) in [7, 11) is 0. The van der Waals surface area contributed by atoms with Gasteiger partial charge < -0.3 is 20.1 Å². The molecule has 0 atom stereocenters. The maximum atomic E-state index is 12.5. The van der Waals surface area contributed by atoms with Crippen molar-refractivity contribution in [3.8, 4) is 5.75 Å². The lowest BCUT2D eigenvalue weighted by Crippen LogP contribution is -2.52. The van der Waals surface area contributed by atoms with E-state index in [9.17, 15) is 9.90 Å². The number of nitrogens with one attached hydrogen (secondary N) is 1. The molecule has 26 heavy (non-hydrogen) atoms. The minimum absolute atomic E-state index is 0.0109. The number of amides is 1. The van der Waals surface area contributed by atoms with Crippen LogP contribution in [0.2, 0.25) is 0 Å². The van der Waals surface area contributed by atoms with E-state index in [1.807, 2.05) is 12.1 Å². The predicted molar refractivity (Wildman–Crippen MR) is 103 cm³/mol. The molecule has 5 heteroatoms. The summed E-state index contributed by atoms with van der Waals surface area (Å²) in [6, 6.07) is 7.33. The highest BCUT2D eigenvalue weighted by Crippen LogP contribution is 2.28. The number of aliphatic hydroxyl groups excluding tert-OH is 1. The Hall–Kier alpha value is -1.59. The average molecular weight is 360 g/mol. The number of benzene rings is 1. The normalized spacial score (nSPS) is 20.0. The Morgan fingerprint density at radius 2 is 1.77 bits per heavy atom. The van der Waals surface area contributed by atoms with Gasteiger partial charge in [0.25, 0.3) is 5.91 Å². The highest BCUT2D eigenvalue weighted by Gasteiger charge is 2.33. The Morgan fingerprint density at radius 3 is 2.42 bits per heavy atom. The van der Waals surface area contributed by atoms with Gasteiger partial charge in [-0.05, 0) is 69.5 Å². The third kappa shape index (κ3) is 5.21. The Bertz CT molecular complexity index is 561. The SMILES string of the molecule is O=C(NC1(CO)CCCCC1)c1ccc(OCCCN2CCCC2)cc1. The molecule has 0 radical (unpaired) electrons. The van der Waals surface area contributed by atoms with E-state index in [1.165, 1.54) is 32.4 Å². The molecule has 0 bridgehead atoms. The summed E-state index contributed by atoms with van der Waals surface area (Å²) < 4.78 is 5.79. The van der Waals surface area contributed by atoms with E-state index in [-0.39, 0.29) is 12.5 Å². The molecular weight excluding hydrogens is 328 g/mol. The Balaban J connectivity index is 1.44. The second kappa shape index (κ2) is 9.38. The molecule has 1 aliphatic heterocycles. The predicted octanol–water partition coefficient (Wildman–Crippen LogP) is 2.98. The minimum atomic E-state index is -0.444. The fourth-order valence-corrected chi connectivity index (χ4v) is 4.05. The maximum absolute atomic E-state index is 12.5. The molecule has 5 nitrogen and oxygen atoms in total. The lowest BCUT2D eigenvalue weighted by atomic mass is 9.82. The van der Waals surface area contributed by atoms with Gasteiger partial charge in [0, 0.05) is 12.1 Å². The van der Waals surface area contributed by atoms with Gasteiger partial charge in [-0.25, -0.2) is 0 Å². The number of hydrogen-bond acceptors (Lipinski definition) is 4. The zero-order valence-corrected chi connectivity index (χ0v) is 15.7. The molecule has 144 valence electrons. The van der Waals surface area contributed by atoms with Gasteiger partial charge in [0.05, 0.1) is 18.8 Å². The van der Waals surface area contributed by atoms with Crippen molar-refractivity contribution in [1.82, 2.24) is 10.2 Å². The first kappa shape index (κ1) is 19.2. The molecule has 1 aromatic rings. The molecule has 2 fully saturated rings. The Labute approximate surface area is 156 Å². The first-order valence-corrected chi connectivity index (χ1v) is 10.1. The van der Waals surface area contributed by atoms with Crippen molar-refractivity contribution < 1.29 is 14.6 Å². The maximum Gasteiger partial charge on any atom is 0.251 e. The number of likely N-dealkylation sites (tertiary alicyclic amines) is 1. The summed E-state index contributed by atoms with van der Waals surface area (Å²) in [5.41, 5.74) is 0.174. The lowest BCUT2D eigenvalue weighted by Gasteiger charge is -2.36. The minimum Gasteiger partial charge on any atom is -0.494 e. The first-order chi connectivity index (χ1) is 12.7. The van der Waals surface area contributed by atoms with E-state index >= 15 is 0 Å². The molecule has 2 N–H and O–H groups in total. The average Bonchev–Trinajstić information content (AvgIpc) is 3.20. The number of carbonyl (C=O) groups is 1. The Kier molecular flexibility index (Phi) is 6.92. The molecule has 3 rings (SSSR count). The third-order valence-corrected chi connectivity index (χ3v) is 5.69. The summed E-state index contributed by atoms with van der Waals surface area (Å²) in [5.74, 6) is 0.694.